The molecular weight excluding hydrogens is 434 g/mol. The van der Waals surface area contributed by atoms with Gasteiger partial charge in [-0.15, -0.1) is 0 Å². The number of pyridine rings is 1. The number of fused-ring (bicyclic) bond motifs is 2. The van der Waals surface area contributed by atoms with Crippen molar-refractivity contribution in [3.8, 4) is 11.4 Å². The molecule has 0 saturated carbocycles. The van der Waals surface area contributed by atoms with E-state index in [1.807, 2.05) is 79.2 Å². The molecule has 2 aromatic heterocycles. The number of rotatable bonds is 3. The maximum absolute atomic E-state index is 14.1. The lowest BCUT2D eigenvalue weighted by Gasteiger charge is -2.23. The molecule has 0 aliphatic carbocycles. The van der Waals surface area contributed by atoms with Crippen LogP contribution < -0.4 is 11.0 Å². The van der Waals surface area contributed by atoms with Crippen LogP contribution in [0.5, 0.6) is 0 Å². The van der Waals surface area contributed by atoms with Gasteiger partial charge in [0.25, 0.3) is 5.56 Å². The zero-order valence-corrected chi connectivity index (χ0v) is 20.7. The average molecular weight is 464 g/mol. The zero-order valence-electron chi connectivity index (χ0n) is 20.7. The van der Waals surface area contributed by atoms with Gasteiger partial charge in [-0.25, -0.2) is 4.98 Å². The lowest BCUT2D eigenvalue weighted by atomic mass is 9.86. The van der Waals surface area contributed by atoms with Crippen LogP contribution in [0.1, 0.15) is 44.9 Å². The van der Waals surface area contributed by atoms with Gasteiger partial charge in [-0.3, -0.25) is 14.2 Å². The molecule has 0 aliphatic rings. The van der Waals surface area contributed by atoms with Crippen molar-refractivity contribution in [1.29, 1.82) is 0 Å². The Labute approximate surface area is 204 Å². The predicted molar refractivity (Wildman–Crippen MR) is 143 cm³/mol. The standard InChI is InChI=1S/C30H29N3O2/c1-19(20-11-7-6-8-12-20)33-27(21-15-17-22(18-16-21)30(2,3)4)31-28-25(29(33)35)26(34)23-13-9-10-14-24(23)32(28)5/h6-19H,1-5H3. The number of hydrogen-bond donors (Lipinski definition) is 0. The summed E-state index contributed by atoms with van der Waals surface area (Å²) in [6.07, 6.45) is 0. The molecule has 0 amide bonds. The van der Waals surface area contributed by atoms with Gasteiger partial charge in [0.05, 0.1) is 11.6 Å². The highest BCUT2D eigenvalue weighted by Gasteiger charge is 2.23. The van der Waals surface area contributed by atoms with Crippen LogP contribution in [0.3, 0.4) is 0 Å². The minimum Gasteiger partial charge on any atom is -0.328 e. The summed E-state index contributed by atoms with van der Waals surface area (Å²) in [6.45, 7) is 8.49. The van der Waals surface area contributed by atoms with Crippen LogP contribution >= 0.6 is 0 Å². The third kappa shape index (κ3) is 3.77. The molecule has 1 atom stereocenters. The monoisotopic (exact) mass is 463 g/mol. The fourth-order valence-corrected chi connectivity index (χ4v) is 4.73. The summed E-state index contributed by atoms with van der Waals surface area (Å²) in [4.78, 5) is 32.6. The van der Waals surface area contributed by atoms with E-state index >= 15 is 0 Å². The van der Waals surface area contributed by atoms with Gasteiger partial charge < -0.3 is 4.57 Å². The van der Waals surface area contributed by atoms with Crippen molar-refractivity contribution in [1.82, 2.24) is 14.1 Å². The molecular formula is C30H29N3O2. The van der Waals surface area contributed by atoms with E-state index < -0.39 is 0 Å². The van der Waals surface area contributed by atoms with Crippen LogP contribution in [0.4, 0.5) is 0 Å². The van der Waals surface area contributed by atoms with E-state index in [0.717, 1.165) is 16.6 Å². The van der Waals surface area contributed by atoms with Crippen LogP contribution in [0.15, 0.2) is 88.5 Å². The molecule has 0 N–H and O–H groups in total. The van der Waals surface area contributed by atoms with Crippen molar-refractivity contribution in [2.45, 2.75) is 39.2 Å². The largest absolute Gasteiger partial charge is 0.328 e. The fourth-order valence-electron chi connectivity index (χ4n) is 4.73. The summed E-state index contributed by atoms with van der Waals surface area (Å²) in [5.74, 6) is 0.546. The van der Waals surface area contributed by atoms with Gasteiger partial charge in [0.1, 0.15) is 11.2 Å². The summed E-state index contributed by atoms with van der Waals surface area (Å²) >= 11 is 0. The number of aromatic nitrogens is 3. The Bertz CT molecular complexity index is 1670. The molecule has 0 fully saturated rings. The lowest BCUT2D eigenvalue weighted by molar-refractivity contribution is 0.590. The minimum absolute atomic E-state index is 0.00908. The van der Waals surface area contributed by atoms with Crippen LogP contribution in [-0.2, 0) is 12.5 Å². The average Bonchev–Trinajstić information content (AvgIpc) is 2.86. The molecule has 35 heavy (non-hydrogen) atoms. The summed E-state index contributed by atoms with van der Waals surface area (Å²) in [5, 5.41) is 0.631. The van der Waals surface area contributed by atoms with Gasteiger partial charge in [0, 0.05) is 18.0 Å². The van der Waals surface area contributed by atoms with Gasteiger partial charge in [-0.2, -0.15) is 0 Å². The highest BCUT2D eigenvalue weighted by Crippen LogP contribution is 2.28. The van der Waals surface area contributed by atoms with Gasteiger partial charge >= 0.3 is 0 Å². The highest BCUT2D eigenvalue weighted by molar-refractivity contribution is 5.92. The zero-order chi connectivity index (χ0) is 24.9. The van der Waals surface area contributed by atoms with Crippen molar-refractivity contribution in [3.63, 3.8) is 0 Å². The van der Waals surface area contributed by atoms with E-state index in [1.165, 1.54) is 5.56 Å². The lowest BCUT2D eigenvalue weighted by Crippen LogP contribution is -2.31. The number of hydrogen-bond acceptors (Lipinski definition) is 3. The summed E-state index contributed by atoms with van der Waals surface area (Å²) in [6, 6.07) is 25.1. The molecule has 0 spiro atoms. The Balaban J connectivity index is 1.89. The number of aryl methyl sites for hydroxylation is 1. The molecule has 176 valence electrons. The van der Waals surface area contributed by atoms with E-state index in [4.69, 9.17) is 4.98 Å². The van der Waals surface area contributed by atoms with Gasteiger partial charge in [0.2, 0.25) is 5.43 Å². The van der Waals surface area contributed by atoms with E-state index in [-0.39, 0.29) is 27.8 Å². The molecule has 0 bridgehead atoms. The SMILES string of the molecule is CC(c1ccccc1)n1c(-c2ccc(C(C)(C)C)cc2)nc2c(c(=O)c3ccccc3n2C)c1=O. The number of para-hydroxylation sites is 1. The fraction of sp³-hybridized carbons (Fsp3) is 0.233. The predicted octanol–water partition coefficient (Wildman–Crippen LogP) is 5.82. The van der Waals surface area contributed by atoms with E-state index in [2.05, 4.69) is 32.9 Å². The first kappa shape index (κ1) is 22.8. The van der Waals surface area contributed by atoms with Gasteiger partial charge in [-0.1, -0.05) is 87.5 Å². The first-order chi connectivity index (χ1) is 16.7. The molecule has 5 aromatic rings. The van der Waals surface area contributed by atoms with Crippen LogP contribution in [0, 0.1) is 0 Å². The van der Waals surface area contributed by atoms with Crippen LogP contribution in [-0.4, -0.2) is 14.1 Å². The minimum atomic E-state index is -0.326. The Morgan fingerprint density at radius 2 is 1.46 bits per heavy atom. The first-order valence-electron chi connectivity index (χ1n) is 11.9. The molecule has 3 aromatic carbocycles. The molecule has 1 unspecified atom stereocenters. The highest BCUT2D eigenvalue weighted by atomic mass is 16.1. The summed E-state index contributed by atoms with van der Waals surface area (Å²) in [7, 11) is 1.86. The molecule has 0 aliphatic heterocycles. The topological polar surface area (TPSA) is 56.9 Å². The Kier molecular flexibility index (Phi) is 5.43. The Morgan fingerprint density at radius 3 is 2.11 bits per heavy atom. The molecule has 2 heterocycles. The van der Waals surface area contributed by atoms with Crippen LogP contribution in [0.2, 0.25) is 0 Å². The third-order valence-corrected chi connectivity index (χ3v) is 6.83. The molecule has 5 heteroatoms. The van der Waals surface area contributed by atoms with Crippen molar-refractivity contribution >= 4 is 21.9 Å². The summed E-state index contributed by atoms with van der Waals surface area (Å²) in [5.41, 5.74) is 3.55. The van der Waals surface area contributed by atoms with Gasteiger partial charge in [-0.05, 0) is 35.6 Å². The van der Waals surface area contributed by atoms with Crippen molar-refractivity contribution in [3.05, 3.63) is 111 Å². The maximum Gasteiger partial charge on any atom is 0.267 e. The van der Waals surface area contributed by atoms with Crippen molar-refractivity contribution in [2.75, 3.05) is 0 Å². The molecule has 0 saturated heterocycles. The van der Waals surface area contributed by atoms with Crippen molar-refractivity contribution in [2.24, 2.45) is 7.05 Å². The second kappa shape index (κ2) is 8.35. The first-order valence-corrected chi connectivity index (χ1v) is 11.9. The smallest absolute Gasteiger partial charge is 0.267 e. The normalized spacial score (nSPS) is 12.8. The van der Waals surface area contributed by atoms with E-state index in [1.54, 1.807) is 10.6 Å². The second-order valence-electron chi connectivity index (χ2n) is 10.1. The van der Waals surface area contributed by atoms with E-state index in [9.17, 15) is 9.59 Å². The second-order valence-corrected chi connectivity index (χ2v) is 10.1. The molecule has 0 radical (unpaired) electrons. The van der Waals surface area contributed by atoms with Crippen LogP contribution in [0.25, 0.3) is 33.3 Å². The Morgan fingerprint density at radius 1 is 0.829 bits per heavy atom. The third-order valence-electron chi connectivity index (χ3n) is 6.83. The Hall–Kier alpha value is -3.99. The van der Waals surface area contributed by atoms with Gasteiger partial charge in [0.15, 0.2) is 5.65 Å². The maximum atomic E-state index is 14.1. The molecule has 5 rings (SSSR count). The number of nitrogens with zero attached hydrogens (tertiary/aromatic N) is 3. The summed E-state index contributed by atoms with van der Waals surface area (Å²) < 4.78 is 3.51. The van der Waals surface area contributed by atoms with E-state index in [0.29, 0.717) is 16.9 Å². The van der Waals surface area contributed by atoms with Crippen molar-refractivity contribution < 1.29 is 0 Å². The quantitative estimate of drug-likeness (QED) is 0.317. The number of benzene rings is 3. The molecule has 5 nitrogen and oxygen atoms in total.